The van der Waals surface area contributed by atoms with Gasteiger partial charge in [0.15, 0.2) is 6.61 Å². The number of ether oxygens (including phenoxy) is 1. The Balaban J connectivity index is 1.49. The molecule has 8 heteroatoms. The molecule has 1 heterocycles. The first-order chi connectivity index (χ1) is 12.9. The number of esters is 1. The van der Waals surface area contributed by atoms with E-state index in [1.54, 1.807) is 6.92 Å². The van der Waals surface area contributed by atoms with Gasteiger partial charge in [-0.25, -0.2) is 4.39 Å². The number of amides is 3. The quantitative estimate of drug-likeness (QED) is 0.625. The largest absolute Gasteiger partial charge is 0.454 e. The molecule has 3 amide bonds. The number of benzene rings is 1. The molecule has 0 unspecified atom stereocenters. The summed E-state index contributed by atoms with van der Waals surface area (Å²) in [5.74, 6) is -3.27. The van der Waals surface area contributed by atoms with E-state index in [4.69, 9.17) is 4.74 Å². The van der Waals surface area contributed by atoms with Crippen LogP contribution >= 0.6 is 0 Å². The van der Waals surface area contributed by atoms with Gasteiger partial charge < -0.3 is 10.1 Å². The van der Waals surface area contributed by atoms with Gasteiger partial charge in [-0.2, -0.15) is 0 Å². The van der Waals surface area contributed by atoms with Crippen LogP contribution in [0.1, 0.15) is 31.2 Å². The average Bonchev–Trinajstić information content (AvgIpc) is 2.88. The Labute approximate surface area is 155 Å². The maximum Gasteiger partial charge on any atom is 0.326 e. The van der Waals surface area contributed by atoms with Crippen molar-refractivity contribution in [3.05, 3.63) is 29.6 Å². The van der Waals surface area contributed by atoms with Gasteiger partial charge in [-0.3, -0.25) is 24.1 Å². The minimum Gasteiger partial charge on any atom is -0.454 e. The van der Waals surface area contributed by atoms with E-state index in [1.807, 2.05) is 0 Å². The molecular weight excluding hydrogens is 355 g/mol. The normalized spacial score (nSPS) is 21.8. The van der Waals surface area contributed by atoms with Crippen molar-refractivity contribution < 1.29 is 28.3 Å². The van der Waals surface area contributed by atoms with E-state index in [2.05, 4.69) is 5.32 Å². The van der Waals surface area contributed by atoms with Gasteiger partial charge in [-0.1, -0.05) is 18.9 Å². The van der Waals surface area contributed by atoms with E-state index in [0.717, 1.165) is 17.7 Å². The number of carbonyl (C=O) groups is 4. The van der Waals surface area contributed by atoms with Crippen LogP contribution in [-0.2, 0) is 23.9 Å². The van der Waals surface area contributed by atoms with Crippen molar-refractivity contribution in [2.24, 2.45) is 11.8 Å². The summed E-state index contributed by atoms with van der Waals surface area (Å²) in [5.41, 5.74) is 0.688. The Bertz CT molecular complexity index is 770. The lowest BCUT2D eigenvalue weighted by Crippen LogP contribution is -2.37. The van der Waals surface area contributed by atoms with Crippen molar-refractivity contribution in [2.75, 3.05) is 18.5 Å². The van der Waals surface area contributed by atoms with Crippen molar-refractivity contribution >= 4 is 29.4 Å². The third-order valence-electron chi connectivity index (χ3n) is 5.04. The molecule has 27 heavy (non-hydrogen) atoms. The summed E-state index contributed by atoms with van der Waals surface area (Å²) in [6.07, 6.45) is 3.13. The SMILES string of the molecule is Cc1ccc(NC(=O)COC(=O)CN2C(=O)[C@H]3CCCC[C@@H]3C2=O)cc1F. The van der Waals surface area contributed by atoms with E-state index >= 15 is 0 Å². The summed E-state index contributed by atoms with van der Waals surface area (Å²) in [7, 11) is 0. The maximum atomic E-state index is 13.5. The molecule has 144 valence electrons. The molecule has 2 atom stereocenters. The molecular formula is C19H21FN2O5. The number of fused-ring (bicyclic) bond motifs is 1. The number of hydrogen-bond acceptors (Lipinski definition) is 5. The van der Waals surface area contributed by atoms with Gasteiger partial charge >= 0.3 is 5.97 Å². The number of hydrogen-bond donors (Lipinski definition) is 1. The molecule has 1 aromatic carbocycles. The Kier molecular flexibility index (Phi) is 5.53. The van der Waals surface area contributed by atoms with Gasteiger partial charge in [-0.15, -0.1) is 0 Å². The first-order valence-corrected chi connectivity index (χ1v) is 8.93. The van der Waals surface area contributed by atoms with Gasteiger partial charge in [0.05, 0.1) is 11.8 Å². The third-order valence-corrected chi connectivity index (χ3v) is 5.04. The first kappa shape index (κ1) is 19.0. The van der Waals surface area contributed by atoms with Crippen molar-refractivity contribution in [1.29, 1.82) is 0 Å². The van der Waals surface area contributed by atoms with Crippen LogP contribution in [0.15, 0.2) is 18.2 Å². The molecule has 3 rings (SSSR count). The summed E-state index contributed by atoms with van der Waals surface area (Å²) >= 11 is 0. The van der Waals surface area contributed by atoms with Crippen LogP contribution in [0.4, 0.5) is 10.1 Å². The second-order valence-electron chi connectivity index (χ2n) is 6.93. The van der Waals surface area contributed by atoms with Crippen LogP contribution in [0.25, 0.3) is 0 Å². The maximum absolute atomic E-state index is 13.5. The molecule has 2 fully saturated rings. The highest BCUT2D eigenvalue weighted by Crippen LogP contribution is 2.37. The number of aryl methyl sites for hydroxylation is 1. The zero-order valence-electron chi connectivity index (χ0n) is 15.0. The summed E-state index contributed by atoms with van der Waals surface area (Å²) in [5, 5.41) is 2.41. The zero-order valence-corrected chi connectivity index (χ0v) is 15.0. The van der Waals surface area contributed by atoms with E-state index < -0.39 is 30.8 Å². The van der Waals surface area contributed by atoms with Gasteiger partial charge in [-0.05, 0) is 37.5 Å². The van der Waals surface area contributed by atoms with Crippen molar-refractivity contribution in [3.8, 4) is 0 Å². The smallest absolute Gasteiger partial charge is 0.326 e. The van der Waals surface area contributed by atoms with Crippen LogP contribution in [0.5, 0.6) is 0 Å². The lowest BCUT2D eigenvalue weighted by Gasteiger charge is -2.19. The summed E-state index contributed by atoms with van der Waals surface area (Å²) in [6.45, 7) is 0.522. The fourth-order valence-corrected chi connectivity index (χ4v) is 3.58. The monoisotopic (exact) mass is 376 g/mol. The van der Waals surface area contributed by atoms with Gasteiger partial charge in [0.1, 0.15) is 12.4 Å². The molecule has 0 bridgehead atoms. The van der Waals surface area contributed by atoms with Gasteiger partial charge in [0, 0.05) is 5.69 Å². The molecule has 7 nitrogen and oxygen atoms in total. The molecule has 1 aliphatic carbocycles. The van der Waals surface area contributed by atoms with E-state index in [9.17, 15) is 23.6 Å². The standard InChI is InChI=1S/C19H21FN2O5/c1-11-6-7-12(8-15(11)20)21-16(23)10-27-17(24)9-22-18(25)13-4-2-3-5-14(13)19(22)26/h6-8,13-14H,2-5,9-10H2,1H3,(H,21,23)/t13-,14-/m0/s1. The topological polar surface area (TPSA) is 92.8 Å². The second-order valence-corrected chi connectivity index (χ2v) is 6.93. The zero-order chi connectivity index (χ0) is 19.6. The Morgan fingerprint density at radius 1 is 1.19 bits per heavy atom. The average molecular weight is 376 g/mol. The van der Waals surface area contributed by atoms with E-state index in [0.29, 0.717) is 18.4 Å². The van der Waals surface area contributed by atoms with Crippen molar-refractivity contribution in [2.45, 2.75) is 32.6 Å². The fourth-order valence-electron chi connectivity index (χ4n) is 3.58. The molecule has 1 aliphatic heterocycles. The number of carbonyl (C=O) groups excluding carboxylic acids is 4. The molecule has 2 aliphatic rings. The van der Waals surface area contributed by atoms with Crippen LogP contribution in [0.3, 0.4) is 0 Å². The molecule has 0 aromatic heterocycles. The first-order valence-electron chi connectivity index (χ1n) is 8.93. The summed E-state index contributed by atoms with van der Waals surface area (Å²) in [4.78, 5) is 49.3. The minimum absolute atomic E-state index is 0.244. The Hall–Kier alpha value is -2.77. The third kappa shape index (κ3) is 4.15. The number of imide groups is 1. The molecule has 0 radical (unpaired) electrons. The summed E-state index contributed by atoms with van der Waals surface area (Å²) in [6, 6.07) is 4.21. The lowest BCUT2D eigenvalue weighted by molar-refractivity contribution is -0.154. The van der Waals surface area contributed by atoms with Crippen molar-refractivity contribution in [1.82, 2.24) is 4.90 Å². The van der Waals surface area contributed by atoms with Crippen LogP contribution < -0.4 is 5.32 Å². The van der Waals surface area contributed by atoms with Gasteiger partial charge in [0.2, 0.25) is 11.8 Å². The predicted octanol–water partition coefficient (Wildman–Crippen LogP) is 1.79. The number of anilines is 1. The molecule has 1 aromatic rings. The number of halogens is 1. The molecule has 0 spiro atoms. The predicted molar refractivity (Wildman–Crippen MR) is 92.9 cm³/mol. The highest BCUT2D eigenvalue weighted by Gasteiger charge is 2.48. The lowest BCUT2D eigenvalue weighted by atomic mass is 9.81. The summed E-state index contributed by atoms with van der Waals surface area (Å²) < 4.78 is 18.3. The second kappa shape index (κ2) is 7.85. The minimum atomic E-state index is -0.833. The Morgan fingerprint density at radius 2 is 1.81 bits per heavy atom. The van der Waals surface area contributed by atoms with Crippen LogP contribution in [-0.4, -0.2) is 41.7 Å². The molecule has 1 N–H and O–H groups in total. The van der Waals surface area contributed by atoms with Crippen molar-refractivity contribution in [3.63, 3.8) is 0 Å². The molecule has 1 saturated carbocycles. The van der Waals surface area contributed by atoms with Crippen LogP contribution in [0, 0.1) is 24.6 Å². The molecule has 1 saturated heterocycles. The van der Waals surface area contributed by atoms with Gasteiger partial charge in [0.25, 0.3) is 5.91 Å². The number of nitrogens with zero attached hydrogens (tertiary/aromatic N) is 1. The number of rotatable bonds is 5. The van der Waals surface area contributed by atoms with E-state index in [-0.39, 0.29) is 29.3 Å². The number of nitrogens with one attached hydrogen (secondary N) is 1. The highest BCUT2D eigenvalue weighted by atomic mass is 19.1. The fraction of sp³-hybridized carbons (Fsp3) is 0.474. The van der Waals surface area contributed by atoms with E-state index in [1.165, 1.54) is 18.2 Å². The Morgan fingerprint density at radius 3 is 2.41 bits per heavy atom. The van der Waals surface area contributed by atoms with Crippen LogP contribution in [0.2, 0.25) is 0 Å². The number of likely N-dealkylation sites (tertiary alicyclic amines) is 1. The highest BCUT2D eigenvalue weighted by molar-refractivity contribution is 6.07.